The van der Waals surface area contributed by atoms with E-state index in [1.807, 2.05) is 38.1 Å². The van der Waals surface area contributed by atoms with E-state index in [0.29, 0.717) is 0 Å². The quantitative estimate of drug-likeness (QED) is 0.783. The number of aliphatic hydroxyl groups excluding tert-OH is 1. The van der Waals surface area contributed by atoms with Crippen molar-refractivity contribution in [2.45, 2.75) is 38.5 Å². The van der Waals surface area contributed by atoms with Crippen LogP contribution in [0.25, 0.3) is 0 Å². The highest BCUT2D eigenvalue weighted by molar-refractivity contribution is 5.83. The van der Waals surface area contributed by atoms with E-state index in [4.69, 9.17) is 5.11 Å². The van der Waals surface area contributed by atoms with Gasteiger partial charge in [0.25, 0.3) is 0 Å². The van der Waals surface area contributed by atoms with Crippen molar-refractivity contribution in [2.24, 2.45) is 0 Å². The predicted octanol–water partition coefficient (Wildman–Crippen LogP) is 1.29. The number of benzene rings is 1. The Morgan fingerprint density at radius 3 is 2.52 bits per heavy atom. The molecule has 1 aromatic carbocycles. The molecule has 1 fully saturated rings. The zero-order valence-corrected chi connectivity index (χ0v) is 12.1. The Bertz CT molecular complexity index is 529. The van der Waals surface area contributed by atoms with Gasteiger partial charge in [0.05, 0.1) is 12.1 Å². The van der Waals surface area contributed by atoms with Crippen molar-refractivity contribution in [1.29, 1.82) is 0 Å². The molecule has 0 saturated carbocycles. The molecular formula is C15H20N2O4. The van der Waals surface area contributed by atoms with Crippen molar-refractivity contribution in [3.63, 3.8) is 0 Å². The van der Waals surface area contributed by atoms with Crippen LogP contribution >= 0.6 is 0 Å². The summed E-state index contributed by atoms with van der Waals surface area (Å²) in [4.78, 5) is 24.5. The second-order valence-electron chi connectivity index (χ2n) is 5.48. The van der Waals surface area contributed by atoms with Crippen molar-refractivity contribution in [3.8, 4) is 0 Å². The summed E-state index contributed by atoms with van der Waals surface area (Å²) in [5.41, 5.74) is 2.08. The maximum Gasteiger partial charge on any atom is 0.326 e. The molecule has 0 spiro atoms. The Kier molecular flexibility index (Phi) is 4.47. The summed E-state index contributed by atoms with van der Waals surface area (Å²) >= 11 is 0. The normalized spacial score (nSPS) is 22.9. The third-order valence-corrected chi connectivity index (χ3v) is 3.74. The maximum atomic E-state index is 12.2. The molecule has 1 saturated heterocycles. The van der Waals surface area contributed by atoms with Crippen LogP contribution in [0.15, 0.2) is 24.3 Å². The fourth-order valence-corrected chi connectivity index (χ4v) is 2.48. The second-order valence-corrected chi connectivity index (χ2v) is 5.48. The van der Waals surface area contributed by atoms with E-state index in [-0.39, 0.29) is 19.0 Å². The maximum absolute atomic E-state index is 12.2. The van der Waals surface area contributed by atoms with Gasteiger partial charge in [-0.2, -0.15) is 0 Å². The number of carboxylic acid groups (broad SMARTS) is 1. The van der Waals surface area contributed by atoms with Gasteiger partial charge in [0.2, 0.25) is 0 Å². The molecule has 114 valence electrons. The molecule has 21 heavy (non-hydrogen) atoms. The summed E-state index contributed by atoms with van der Waals surface area (Å²) in [5, 5.41) is 21.4. The van der Waals surface area contributed by atoms with Crippen molar-refractivity contribution in [2.75, 3.05) is 6.54 Å². The number of urea groups is 1. The van der Waals surface area contributed by atoms with Gasteiger partial charge in [-0.05, 0) is 19.4 Å². The average molecular weight is 292 g/mol. The van der Waals surface area contributed by atoms with E-state index in [1.54, 1.807) is 0 Å². The number of aryl methyl sites for hydroxylation is 1. The first-order valence-electron chi connectivity index (χ1n) is 6.93. The van der Waals surface area contributed by atoms with E-state index in [2.05, 4.69) is 5.32 Å². The molecule has 0 bridgehead atoms. The van der Waals surface area contributed by atoms with E-state index < -0.39 is 24.1 Å². The Balaban J connectivity index is 2.03. The summed E-state index contributed by atoms with van der Waals surface area (Å²) < 4.78 is 0. The van der Waals surface area contributed by atoms with Crippen molar-refractivity contribution in [1.82, 2.24) is 10.2 Å². The highest BCUT2D eigenvalue weighted by Gasteiger charge is 2.39. The fourth-order valence-electron chi connectivity index (χ4n) is 2.48. The van der Waals surface area contributed by atoms with Gasteiger partial charge in [-0.25, -0.2) is 9.59 Å². The number of carbonyl (C=O) groups excluding carboxylic acids is 1. The molecule has 1 unspecified atom stereocenters. The topological polar surface area (TPSA) is 89.9 Å². The molecule has 6 heteroatoms. The number of carboxylic acids is 1. The SMILES string of the molecule is Cc1ccc(C(C)NC(=O)N2C[C@@H](O)C[C@H]2C(=O)O)cc1. The molecule has 1 aliphatic heterocycles. The van der Waals surface area contributed by atoms with Gasteiger partial charge >= 0.3 is 12.0 Å². The van der Waals surface area contributed by atoms with E-state index in [1.165, 1.54) is 4.90 Å². The molecule has 3 N–H and O–H groups in total. The van der Waals surface area contributed by atoms with Crippen LogP contribution in [0.4, 0.5) is 4.79 Å². The van der Waals surface area contributed by atoms with Gasteiger partial charge in [-0.1, -0.05) is 29.8 Å². The molecule has 0 aromatic heterocycles. The lowest BCUT2D eigenvalue weighted by Crippen LogP contribution is -2.46. The number of β-amino-alcohol motifs (C(OH)–C–C–N with tert-alkyl or cyclic N) is 1. The molecule has 0 radical (unpaired) electrons. The fraction of sp³-hybridized carbons (Fsp3) is 0.467. The minimum atomic E-state index is -1.09. The number of hydrogen-bond donors (Lipinski definition) is 3. The summed E-state index contributed by atoms with van der Waals surface area (Å²) in [6.45, 7) is 3.87. The van der Waals surface area contributed by atoms with Crippen LogP contribution in [0.3, 0.4) is 0 Å². The lowest BCUT2D eigenvalue weighted by molar-refractivity contribution is -0.141. The standard InChI is InChI=1S/C15H20N2O4/c1-9-3-5-11(6-4-9)10(2)16-15(21)17-8-12(18)7-13(17)14(19)20/h3-6,10,12-13,18H,7-8H2,1-2H3,(H,16,21)(H,19,20)/t10?,12-,13-/m0/s1. The molecular weight excluding hydrogens is 272 g/mol. The van der Waals surface area contributed by atoms with Gasteiger partial charge in [-0.3, -0.25) is 0 Å². The number of nitrogens with one attached hydrogen (secondary N) is 1. The van der Waals surface area contributed by atoms with Crippen LogP contribution in [0, 0.1) is 6.92 Å². The third-order valence-electron chi connectivity index (χ3n) is 3.74. The number of amides is 2. The van der Waals surface area contributed by atoms with Crippen LogP contribution in [-0.4, -0.2) is 45.8 Å². The van der Waals surface area contributed by atoms with Gasteiger partial charge in [0.15, 0.2) is 0 Å². The van der Waals surface area contributed by atoms with Crippen LogP contribution < -0.4 is 5.32 Å². The number of nitrogens with zero attached hydrogens (tertiary/aromatic N) is 1. The monoisotopic (exact) mass is 292 g/mol. The molecule has 1 aromatic rings. The first-order chi connectivity index (χ1) is 9.88. The minimum Gasteiger partial charge on any atom is -0.480 e. The smallest absolute Gasteiger partial charge is 0.326 e. The highest BCUT2D eigenvalue weighted by atomic mass is 16.4. The van der Waals surface area contributed by atoms with Crippen molar-refractivity contribution >= 4 is 12.0 Å². The minimum absolute atomic E-state index is 0.0451. The molecule has 1 heterocycles. The summed E-state index contributed by atoms with van der Waals surface area (Å²) in [7, 11) is 0. The first-order valence-corrected chi connectivity index (χ1v) is 6.93. The highest BCUT2D eigenvalue weighted by Crippen LogP contribution is 2.20. The number of aliphatic carboxylic acids is 1. The van der Waals surface area contributed by atoms with Crippen LogP contribution in [-0.2, 0) is 4.79 Å². The second kappa shape index (κ2) is 6.13. The van der Waals surface area contributed by atoms with E-state index in [9.17, 15) is 14.7 Å². The number of aliphatic hydroxyl groups is 1. The number of rotatable bonds is 3. The van der Waals surface area contributed by atoms with E-state index in [0.717, 1.165) is 11.1 Å². The van der Waals surface area contributed by atoms with Crippen molar-refractivity contribution < 1.29 is 19.8 Å². The number of likely N-dealkylation sites (tertiary alicyclic amines) is 1. The Hall–Kier alpha value is -2.08. The summed E-state index contributed by atoms with van der Waals surface area (Å²) in [6.07, 6.45) is -0.715. The molecule has 3 atom stereocenters. The Morgan fingerprint density at radius 1 is 1.33 bits per heavy atom. The molecule has 1 aliphatic rings. The predicted molar refractivity (Wildman–Crippen MR) is 76.9 cm³/mol. The summed E-state index contributed by atoms with van der Waals surface area (Å²) in [5.74, 6) is -1.09. The molecule has 2 rings (SSSR count). The molecule has 2 amide bonds. The summed E-state index contributed by atoms with van der Waals surface area (Å²) in [6, 6.07) is 6.10. The van der Waals surface area contributed by atoms with E-state index >= 15 is 0 Å². The Morgan fingerprint density at radius 2 is 1.95 bits per heavy atom. The Labute approximate surface area is 123 Å². The average Bonchev–Trinajstić information content (AvgIpc) is 2.82. The molecule has 0 aliphatic carbocycles. The van der Waals surface area contributed by atoms with Crippen molar-refractivity contribution in [3.05, 3.63) is 35.4 Å². The van der Waals surface area contributed by atoms with Gasteiger partial charge in [0, 0.05) is 13.0 Å². The van der Waals surface area contributed by atoms with Crippen LogP contribution in [0.1, 0.15) is 30.5 Å². The zero-order valence-electron chi connectivity index (χ0n) is 12.1. The first kappa shape index (κ1) is 15.3. The lowest BCUT2D eigenvalue weighted by atomic mass is 10.1. The lowest BCUT2D eigenvalue weighted by Gasteiger charge is -2.24. The van der Waals surface area contributed by atoms with Crippen LogP contribution in [0.2, 0.25) is 0 Å². The number of hydrogen-bond acceptors (Lipinski definition) is 3. The third kappa shape index (κ3) is 3.52. The number of carbonyl (C=O) groups is 2. The molecule has 6 nitrogen and oxygen atoms in total. The van der Waals surface area contributed by atoms with Gasteiger partial charge in [-0.15, -0.1) is 0 Å². The van der Waals surface area contributed by atoms with Gasteiger partial charge in [0.1, 0.15) is 6.04 Å². The van der Waals surface area contributed by atoms with Gasteiger partial charge < -0.3 is 20.4 Å². The largest absolute Gasteiger partial charge is 0.480 e. The zero-order chi connectivity index (χ0) is 15.6. The van der Waals surface area contributed by atoms with Crippen LogP contribution in [0.5, 0.6) is 0 Å².